The Morgan fingerprint density at radius 1 is 1.53 bits per heavy atom. The molecule has 1 atom stereocenters. The number of anilines is 1. The number of carbonyl (C=O) groups excluding carboxylic acids is 1. The summed E-state index contributed by atoms with van der Waals surface area (Å²) < 4.78 is 5.58. The van der Waals surface area contributed by atoms with Crippen LogP contribution in [0.5, 0.6) is 5.75 Å². The molecule has 1 heterocycles. The minimum atomic E-state index is -0.325. The van der Waals surface area contributed by atoms with Crippen molar-refractivity contribution in [2.45, 2.75) is 27.2 Å². The smallest absolute Gasteiger partial charge is 0.231 e. The number of benzene rings is 1. The van der Waals surface area contributed by atoms with Crippen LogP contribution in [0.4, 0.5) is 5.69 Å². The molecular formula is C15H22N2O2. The molecule has 0 spiro atoms. The predicted molar refractivity (Wildman–Crippen MR) is 76.6 cm³/mol. The van der Waals surface area contributed by atoms with E-state index in [0.717, 1.165) is 36.5 Å². The predicted octanol–water partition coefficient (Wildman–Crippen LogP) is 2.33. The second-order valence-corrected chi connectivity index (χ2v) is 5.37. The third-order valence-electron chi connectivity index (χ3n) is 3.60. The highest BCUT2D eigenvalue weighted by Crippen LogP contribution is 2.30. The lowest BCUT2D eigenvalue weighted by Crippen LogP contribution is -2.35. The van der Waals surface area contributed by atoms with E-state index in [9.17, 15) is 4.79 Å². The van der Waals surface area contributed by atoms with Crippen LogP contribution < -0.4 is 15.4 Å². The molecule has 1 aromatic rings. The largest absolute Gasteiger partial charge is 0.492 e. The maximum absolute atomic E-state index is 12.4. The number of hydrogen-bond acceptors (Lipinski definition) is 3. The number of aryl methyl sites for hydroxylation is 1. The van der Waals surface area contributed by atoms with Crippen LogP contribution in [0.2, 0.25) is 0 Å². The Hall–Kier alpha value is -1.55. The van der Waals surface area contributed by atoms with E-state index in [1.165, 1.54) is 0 Å². The average Bonchev–Trinajstić information content (AvgIpc) is 2.81. The van der Waals surface area contributed by atoms with Crippen molar-refractivity contribution in [3.8, 4) is 5.75 Å². The van der Waals surface area contributed by atoms with E-state index in [-0.39, 0.29) is 11.3 Å². The molecule has 0 aromatic heterocycles. The van der Waals surface area contributed by atoms with Gasteiger partial charge in [-0.1, -0.05) is 6.07 Å². The van der Waals surface area contributed by atoms with E-state index in [1.54, 1.807) is 0 Å². The van der Waals surface area contributed by atoms with Gasteiger partial charge >= 0.3 is 0 Å². The Labute approximate surface area is 114 Å². The third-order valence-corrected chi connectivity index (χ3v) is 3.60. The van der Waals surface area contributed by atoms with Gasteiger partial charge in [0.15, 0.2) is 0 Å². The normalized spacial score (nSPS) is 22.3. The fourth-order valence-electron chi connectivity index (χ4n) is 2.29. The molecule has 1 aliphatic rings. The second-order valence-electron chi connectivity index (χ2n) is 5.37. The first kappa shape index (κ1) is 13.9. The first-order chi connectivity index (χ1) is 9.05. The van der Waals surface area contributed by atoms with Gasteiger partial charge in [-0.3, -0.25) is 4.79 Å². The molecule has 2 N–H and O–H groups in total. The van der Waals surface area contributed by atoms with Gasteiger partial charge in [0, 0.05) is 6.54 Å². The molecule has 104 valence electrons. The van der Waals surface area contributed by atoms with E-state index in [2.05, 4.69) is 10.6 Å². The van der Waals surface area contributed by atoms with Crippen LogP contribution in [0, 0.1) is 12.3 Å². The summed E-state index contributed by atoms with van der Waals surface area (Å²) in [5.41, 5.74) is 1.55. The van der Waals surface area contributed by atoms with Crippen LogP contribution in [-0.4, -0.2) is 25.6 Å². The molecule has 1 fully saturated rings. The number of ether oxygens (including phenoxy) is 1. The molecule has 0 aliphatic carbocycles. The highest BCUT2D eigenvalue weighted by atomic mass is 16.5. The summed E-state index contributed by atoms with van der Waals surface area (Å²) in [6.45, 7) is 8.17. The number of rotatable bonds is 4. The highest BCUT2D eigenvalue weighted by molar-refractivity contribution is 5.96. The van der Waals surface area contributed by atoms with Crippen molar-refractivity contribution in [2.75, 3.05) is 25.0 Å². The second kappa shape index (κ2) is 5.61. The zero-order chi connectivity index (χ0) is 13.9. The molecule has 1 aromatic carbocycles. The topological polar surface area (TPSA) is 50.4 Å². The summed E-state index contributed by atoms with van der Waals surface area (Å²) >= 11 is 0. The van der Waals surface area contributed by atoms with Crippen molar-refractivity contribution >= 4 is 11.6 Å². The summed E-state index contributed by atoms with van der Waals surface area (Å²) in [5, 5.41) is 6.24. The van der Waals surface area contributed by atoms with Crippen molar-refractivity contribution < 1.29 is 9.53 Å². The molecule has 19 heavy (non-hydrogen) atoms. The molecule has 0 bridgehead atoms. The van der Waals surface area contributed by atoms with E-state index in [4.69, 9.17) is 4.74 Å². The van der Waals surface area contributed by atoms with Crippen LogP contribution in [0.3, 0.4) is 0 Å². The maximum Gasteiger partial charge on any atom is 0.231 e. The number of nitrogens with one attached hydrogen (secondary N) is 2. The van der Waals surface area contributed by atoms with Crippen molar-refractivity contribution in [2.24, 2.45) is 5.41 Å². The van der Waals surface area contributed by atoms with Crippen LogP contribution in [-0.2, 0) is 4.79 Å². The maximum atomic E-state index is 12.4. The summed E-state index contributed by atoms with van der Waals surface area (Å²) in [6.07, 6.45) is 0.870. The number of amides is 1. The highest BCUT2D eigenvalue weighted by Gasteiger charge is 2.36. The van der Waals surface area contributed by atoms with E-state index in [0.29, 0.717) is 6.61 Å². The minimum Gasteiger partial charge on any atom is -0.492 e. The molecule has 0 saturated carbocycles. The Kier molecular flexibility index (Phi) is 4.10. The quantitative estimate of drug-likeness (QED) is 0.875. The molecule has 1 unspecified atom stereocenters. The van der Waals surface area contributed by atoms with E-state index < -0.39 is 0 Å². The van der Waals surface area contributed by atoms with Gasteiger partial charge in [0.25, 0.3) is 0 Å². The Bertz CT molecular complexity index is 465. The van der Waals surface area contributed by atoms with Crippen molar-refractivity contribution in [3.05, 3.63) is 23.8 Å². The van der Waals surface area contributed by atoms with Gasteiger partial charge in [-0.2, -0.15) is 0 Å². The number of hydrogen-bond donors (Lipinski definition) is 2. The molecule has 4 heteroatoms. The van der Waals surface area contributed by atoms with Gasteiger partial charge in [0.1, 0.15) is 5.75 Å². The summed E-state index contributed by atoms with van der Waals surface area (Å²) in [6, 6.07) is 5.84. The lowest BCUT2D eigenvalue weighted by molar-refractivity contribution is -0.123. The minimum absolute atomic E-state index is 0.0577. The van der Waals surface area contributed by atoms with Crippen molar-refractivity contribution in [1.82, 2.24) is 5.32 Å². The number of carbonyl (C=O) groups is 1. The first-order valence-corrected chi connectivity index (χ1v) is 6.81. The average molecular weight is 262 g/mol. The molecule has 1 amide bonds. The SMILES string of the molecule is CCOc1cc(C)ccc1NC(=O)C1(C)CCNC1. The van der Waals surface area contributed by atoms with E-state index in [1.807, 2.05) is 39.0 Å². The summed E-state index contributed by atoms with van der Waals surface area (Å²) in [4.78, 5) is 12.4. The van der Waals surface area contributed by atoms with Gasteiger partial charge in [-0.15, -0.1) is 0 Å². The molecule has 0 radical (unpaired) electrons. The van der Waals surface area contributed by atoms with Gasteiger partial charge < -0.3 is 15.4 Å². The Balaban J connectivity index is 2.16. The molecular weight excluding hydrogens is 240 g/mol. The van der Waals surface area contributed by atoms with Crippen LogP contribution in [0.1, 0.15) is 25.8 Å². The van der Waals surface area contributed by atoms with Crippen molar-refractivity contribution in [3.63, 3.8) is 0 Å². The molecule has 1 aliphatic heterocycles. The fourth-order valence-corrected chi connectivity index (χ4v) is 2.29. The lowest BCUT2D eigenvalue weighted by atomic mass is 9.88. The van der Waals surface area contributed by atoms with Gasteiger partial charge in [0.2, 0.25) is 5.91 Å². The first-order valence-electron chi connectivity index (χ1n) is 6.81. The lowest BCUT2D eigenvalue weighted by Gasteiger charge is -2.22. The fraction of sp³-hybridized carbons (Fsp3) is 0.533. The third kappa shape index (κ3) is 3.07. The monoisotopic (exact) mass is 262 g/mol. The van der Waals surface area contributed by atoms with Crippen LogP contribution >= 0.6 is 0 Å². The van der Waals surface area contributed by atoms with E-state index >= 15 is 0 Å². The Morgan fingerprint density at radius 3 is 2.95 bits per heavy atom. The van der Waals surface area contributed by atoms with Crippen LogP contribution in [0.15, 0.2) is 18.2 Å². The Morgan fingerprint density at radius 2 is 2.32 bits per heavy atom. The summed E-state index contributed by atoms with van der Waals surface area (Å²) in [7, 11) is 0. The molecule has 4 nitrogen and oxygen atoms in total. The summed E-state index contributed by atoms with van der Waals surface area (Å²) in [5.74, 6) is 0.799. The van der Waals surface area contributed by atoms with Gasteiger partial charge in [-0.25, -0.2) is 0 Å². The van der Waals surface area contributed by atoms with Crippen LogP contribution in [0.25, 0.3) is 0 Å². The zero-order valence-corrected chi connectivity index (χ0v) is 11.9. The molecule has 1 saturated heterocycles. The molecule has 2 rings (SSSR count). The van der Waals surface area contributed by atoms with Crippen molar-refractivity contribution in [1.29, 1.82) is 0 Å². The van der Waals surface area contributed by atoms with Gasteiger partial charge in [-0.05, 0) is 51.4 Å². The standard InChI is InChI=1S/C15H22N2O2/c1-4-19-13-9-11(2)5-6-12(13)17-14(18)15(3)7-8-16-10-15/h5-6,9,16H,4,7-8,10H2,1-3H3,(H,17,18). The zero-order valence-electron chi connectivity index (χ0n) is 11.9. The van der Waals surface area contributed by atoms with Gasteiger partial charge in [0.05, 0.1) is 17.7 Å².